The SMILES string of the molecule is CC1C(=O)N(c2cccc(C#N)c2)c2cnc(Cl)nc2N1C1CC(C)(C)C1. The summed E-state index contributed by atoms with van der Waals surface area (Å²) in [5, 5.41) is 9.37. The van der Waals surface area contributed by atoms with Crippen LogP contribution in [0.3, 0.4) is 0 Å². The van der Waals surface area contributed by atoms with E-state index in [1.807, 2.05) is 13.0 Å². The molecular weight excluding hydrogens is 362 g/mol. The molecule has 1 aliphatic heterocycles. The number of hydrogen-bond donors (Lipinski definition) is 0. The van der Waals surface area contributed by atoms with E-state index in [4.69, 9.17) is 11.6 Å². The van der Waals surface area contributed by atoms with Crippen molar-refractivity contribution >= 4 is 34.7 Å². The van der Waals surface area contributed by atoms with Gasteiger partial charge in [0.1, 0.15) is 11.7 Å². The summed E-state index contributed by atoms with van der Waals surface area (Å²) in [6.07, 6.45) is 3.58. The highest BCUT2D eigenvalue weighted by Gasteiger charge is 2.47. The maximum Gasteiger partial charge on any atom is 0.254 e. The van der Waals surface area contributed by atoms with Crippen molar-refractivity contribution in [3.8, 4) is 6.07 Å². The molecule has 0 N–H and O–H groups in total. The van der Waals surface area contributed by atoms with Crippen LogP contribution in [0.1, 0.15) is 39.2 Å². The fourth-order valence-electron chi connectivity index (χ4n) is 4.18. The molecule has 1 atom stereocenters. The van der Waals surface area contributed by atoms with Gasteiger partial charge in [0.15, 0.2) is 5.82 Å². The molecule has 0 radical (unpaired) electrons. The molecule has 1 saturated carbocycles. The second-order valence-corrected chi connectivity index (χ2v) is 8.33. The number of benzene rings is 1. The zero-order valence-corrected chi connectivity index (χ0v) is 16.2. The van der Waals surface area contributed by atoms with E-state index < -0.39 is 0 Å². The molecule has 1 unspecified atom stereocenters. The van der Waals surface area contributed by atoms with Crippen LogP contribution >= 0.6 is 11.6 Å². The molecule has 6 nitrogen and oxygen atoms in total. The lowest BCUT2D eigenvalue weighted by Crippen LogP contribution is -2.59. The number of carbonyl (C=O) groups is 1. The first-order chi connectivity index (χ1) is 12.8. The summed E-state index contributed by atoms with van der Waals surface area (Å²) in [5.74, 6) is 0.609. The molecule has 1 amide bonds. The predicted octanol–water partition coefficient (Wildman–Crippen LogP) is 4.06. The lowest BCUT2D eigenvalue weighted by Gasteiger charge is -2.53. The number of rotatable bonds is 2. The fourth-order valence-corrected chi connectivity index (χ4v) is 4.31. The lowest BCUT2D eigenvalue weighted by atomic mass is 9.67. The van der Waals surface area contributed by atoms with Gasteiger partial charge in [-0.15, -0.1) is 0 Å². The zero-order chi connectivity index (χ0) is 19.3. The Hall–Kier alpha value is -2.65. The van der Waals surface area contributed by atoms with Crippen molar-refractivity contribution in [2.75, 3.05) is 9.80 Å². The Kier molecular flexibility index (Phi) is 4.08. The van der Waals surface area contributed by atoms with Crippen molar-refractivity contribution < 1.29 is 4.79 Å². The van der Waals surface area contributed by atoms with Crippen molar-refractivity contribution in [3.63, 3.8) is 0 Å². The normalized spacial score (nSPS) is 21.4. The van der Waals surface area contributed by atoms with Crippen LogP contribution in [-0.4, -0.2) is 28.0 Å². The summed E-state index contributed by atoms with van der Waals surface area (Å²) in [6, 6.07) is 8.98. The minimum absolute atomic E-state index is 0.0618. The number of nitrogens with zero attached hydrogens (tertiary/aromatic N) is 5. The Morgan fingerprint density at radius 3 is 2.74 bits per heavy atom. The molecule has 4 rings (SSSR count). The number of amides is 1. The minimum Gasteiger partial charge on any atom is -0.340 e. The maximum atomic E-state index is 13.3. The van der Waals surface area contributed by atoms with Crippen LogP contribution in [0.15, 0.2) is 30.5 Å². The van der Waals surface area contributed by atoms with Gasteiger partial charge in [0.2, 0.25) is 5.28 Å². The molecule has 0 saturated heterocycles. The molecular formula is C20H20ClN5O. The van der Waals surface area contributed by atoms with Crippen LogP contribution in [-0.2, 0) is 4.79 Å². The van der Waals surface area contributed by atoms with Gasteiger partial charge < -0.3 is 4.90 Å². The van der Waals surface area contributed by atoms with E-state index in [1.54, 1.807) is 29.3 Å². The Balaban J connectivity index is 1.83. The molecule has 1 aliphatic carbocycles. The maximum absolute atomic E-state index is 13.3. The van der Waals surface area contributed by atoms with E-state index in [0.717, 1.165) is 12.8 Å². The largest absolute Gasteiger partial charge is 0.340 e. The number of anilines is 3. The summed E-state index contributed by atoms with van der Waals surface area (Å²) in [6.45, 7) is 6.36. The number of halogens is 1. The summed E-state index contributed by atoms with van der Waals surface area (Å²) in [5.41, 5.74) is 1.99. The van der Waals surface area contributed by atoms with E-state index in [9.17, 15) is 10.1 Å². The number of hydrogen-bond acceptors (Lipinski definition) is 5. The molecule has 27 heavy (non-hydrogen) atoms. The minimum atomic E-state index is -0.379. The molecule has 2 aromatic rings. The van der Waals surface area contributed by atoms with Gasteiger partial charge in [0.05, 0.1) is 23.5 Å². The van der Waals surface area contributed by atoms with E-state index in [-0.39, 0.29) is 28.7 Å². The van der Waals surface area contributed by atoms with Gasteiger partial charge in [-0.1, -0.05) is 19.9 Å². The number of aromatic nitrogens is 2. The number of fused-ring (bicyclic) bond motifs is 1. The van der Waals surface area contributed by atoms with Gasteiger partial charge in [-0.05, 0) is 55.0 Å². The van der Waals surface area contributed by atoms with Crippen LogP contribution in [0.2, 0.25) is 5.28 Å². The second kappa shape index (κ2) is 6.21. The first kappa shape index (κ1) is 17.7. The highest BCUT2D eigenvalue weighted by Crippen LogP contribution is 2.48. The van der Waals surface area contributed by atoms with Crippen molar-refractivity contribution in [2.24, 2.45) is 5.41 Å². The topological polar surface area (TPSA) is 73.1 Å². The fraction of sp³-hybridized carbons (Fsp3) is 0.400. The van der Waals surface area contributed by atoms with Crippen molar-refractivity contribution in [1.82, 2.24) is 9.97 Å². The molecule has 1 aromatic heterocycles. The van der Waals surface area contributed by atoms with Crippen molar-refractivity contribution in [3.05, 3.63) is 41.3 Å². The molecule has 1 aromatic carbocycles. The Morgan fingerprint density at radius 1 is 1.33 bits per heavy atom. The predicted molar refractivity (Wildman–Crippen MR) is 104 cm³/mol. The van der Waals surface area contributed by atoms with Gasteiger partial charge >= 0.3 is 0 Å². The third-order valence-corrected chi connectivity index (χ3v) is 5.59. The van der Waals surface area contributed by atoms with Gasteiger partial charge in [0.25, 0.3) is 5.91 Å². The van der Waals surface area contributed by atoms with Gasteiger partial charge in [-0.3, -0.25) is 9.69 Å². The van der Waals surface area contributed by atoms with E-state index in [2.05, 4.69) is 34.8 Å². The first-order valence-electron chi connectivity index (χ1n) is 8.96. The van der Waals surface area contributed by atoms with E-state index in [0.29, 0.717) is 22.8 Å². The average Bonchev–Trinajstić information content (AvgIpc) is 2.61. The monoisotopic (exact) mass is 381 g/mol. The molecule has 138 valence electrons. The van der Waals surface area contributed by atoms with Gasteiger partial charge in [0, 0.05) is 6.04 Å². The van der Waals surface area contributed by atoms with Crippen LogP contribution in [0.5, 0.6) is 0 Å². The molecule has 2 aliphatic rings. The quantitative estimate of drug-likeness (QED) is 0.733. The third-order valence-electron chi connectivity index (χ3n) is 5.40. The van der Waals surface area contributed by atoms with Gasteiger partial charge in [-0.2, -0.15) is 10.2 Å². The molecule has 2 heterocycles. The summed E-state index contributed by atoms with van der Waals surface area (Å²) in [4.78, 5) is 25.6. The molecule has 0 spiro atoms. The van der Waals surface area contributed by atoms with Crippen LogP contribution in [0, 0.1) is 16.7 Å². The van der Waals surface area contributed by atoms with Crippen molar-refractivity contribution in [2.45, 2.75) is 45.7 Å². The highest BCUT2D eigenvalue weighted by molar-refractivity contribution is 6.28. The Morgan fingerprint density at radius 2 is 2.07 bits per heavy atom. The number of nitriles is 1. The molecule has 0 bridgehead atoms. The third kappa shape index (κ3) is 2.92. The standard InChI is InChI=1S/C20H20ClN5O/c1-12-18(27)26(14-6-4-5-13(7-14)10-22)16-11-23-19(21)24-17(16)25(12)15-8-20(2,3)9-15/h4-7,11-12,15H,8-9H2,1-3H3. The summed E-state index contributed by atoms with van der Waals surface area (Å²) in [7, 11) is 0. The summed E-state index contributed by atoms with van der Waals surface area (Å²) < 4.78 is 0. The Bertz CT molecular complexity index is 959. The molecule has 1 fully saturated rings. The second-order valence-electron chi connectivity index (χ2n) is 7.99. The summed E-state index contributed by atoms with van der Waals surface area (Å²) >= 11 is 6.09. The number of carbonyl (C=O) groups excluding carboxylic acids is 1. The first-order valence-corrected chi connectivity index (χ1v) is 9.33. The van der Waals surface area contributed by atoms with Crippen LogP contribution < -0.4 is 9.80 Å². The van der Waals surface area contributed by atoms with Crippen LogP contribution in [0.25, 0.3) is 0 Å². The van der Waals surface area contributed by atoms with E-state index in [1.165, 1.54) is 0 Å². The van der Waals surface area contributed by atoms with Gasteiger partial charge in [-0.25, -0.2) is 4.98 Å². The molecule has 7 heteroatoms. The van der Waals surface area contributed by atoms with Crippen molar-refractivity contribution in [1.29, 1.82) is 5.26 Å². The lowest BCUT2D eigenvalue weighted by molar-refractivity contribution is -0.119. The Labute approximate surface area is 163 Å². The highest BCUT2D eigenvalue weighted by atomic mass is 35.5. The van der Waals surface area contributed by atoms with Crippen LogP contribution in [0.4, 0.5) is 17.2 Å². The smallest absolute Gasteiger partial charge is 0.254 e. The zero-order valence-electron chi connectivity index (χ0n) is 15.5. The van der Waals surface area contributed by atoms with E-state index >= 15 is 0 Å². The average molecular weight is 382 g/mol.